The molecule has 2 fully saturated rings. The van der Waals surface area contributed by atoms with Crippen LogP contribution in [-0.4, -0.2) is 52.8 Å². The molecule has 1 saturated carbocycles. The molecule has 2 heterocycles. The van der Waals surface area contributed by atoms with E-state index in [1.807, 2.05) is 35.2 Å². The number of hydrogen-bond donors (Lipinski definition) is 1. The average Bonchev–Trinajstić information content (AvgIpc) is 3.43. The maximum absolute atomic E-state index is 13.1. The van der Waals surface area contributed by atoms with Crippen LogP contribution in [0.1, 0.15) is 28.4 Å². The quantitative estimate of drug-likeness (QED) is 0.744. The van der Waals surface area contributed by atoms with Crippen LogP contribution < -0.4 is 0 Å². The first-order chi connectivity index (χ1) is 14.1. The predicted octanol–water partition coefficient (Wildman–Crippen LogP) is 3.40. The van der Waals surface area contributed by atoms with Gasteiger partial charge in [0, 0.05) is 43.0 Å². The van der Waals surface area contributed by atoms with Crippen LogP contribution in [0.3, 0.4) is 0 Å². The highest BCUT2D eigenvalue weighted by Gasteiger charge is 2.46. The van der Waals surface area contributed by atoms with Crippen LogP contribution in [0.5, 0.6) is 0 Å². The van der Waals surface area contributed by atoms with Crippen LogP contribution in [0.4, 0.5) is 4.39 Å². The molecule has 1 saturated heterocycles. The van der Waals surface area contributed by atoms with Crippen LogP contribution in [0, 0.1) is 11.7 Å². The van der Waals surface area contributed by atoms with Gasteiger partial charge < -0.3 is 14.8 Å². The molecule has 2 amide bonds. The zero-order valence-corrected chi connectivity index (χ0v) is 16.0. The van der Waals surface area contributed by atoms with Crippen LogP contribution in [0.2, 0.25) is 0 Å². The number of carbonyl (C=O) groups excluding carboxylic acids is 2. The van der Waals surface area contributed by atoms with Crippen molar-refractivity contribution in [2.45, 2.75) is 12.3 Å². The third kappa shape index (κ3) is 3.39. The Bertz CT molecular complexity index is 1030. The second-order valence-electron chi connectivity index (χ2n) is 7.89. The molecule has 0 unspecified atom stereocenters. The van der Waals surface area contributed by atoms with Gasteiger partial charge in [-0.25, -0.2) is 4.39 Å². The fourth-order valence-corrected chi connectivity index (χ4v) is 4.27. The van der Waals surface area contributed by atoms with E-state index in [9.17, 15) is 14.0 Å². The largest absolute Gasteiger partial charge is 0.351 e. The number of carbonyl (C=O) groups is 2. The second-order valence-corrected chi connectivity index (χ2v) is 7.89. The SMILES string of the molecule is O=C(c1cc2ccccc2[nH]1)N1CCN(C(=O)[C@@H]2C[C@@H]2c2ccc(F)cc2)CC1. The summed E-state index contributed by atoms with van der Waals surface area (Å²) in [6.45, 7) is 2.18. The van der Waals surface area contributed by atoms with Crippen molar-refractivity contribution >= 4 is 22.7 Å². The number of benzene rings is 2. The number of aromatic nitrogens is 1. The third-order valence-corrected chi connectivity index (χ3v) is 6.04. The molecule has 0 bridgehead atoms. The lowest BCUT2D eigenvalue weighted by molar-refractivity contribution is -0.134. The van der Waals surface area contributed by atoms with Gasteiger partial charge in [0.15, 0.2) is 0 Å². The van der Waals surface area contributed by atoms with E-state index in [0.29, 0.717) is 31.9 Å². The molecule has 148 valence electrons. The van der Waals surface area contributed by atoms with Gasteiger partial charge in [0.25, 0.3) is 5.91 Å². The standard InChI is InChI=1S/C23H22FN3O2/c24-17-7-5-15(6-8-17)18-14-19(18)22(28)26-9-11-27(12-10-26)23(29)21-13-16-3-1-2-4-20(16)25-21/h1-8,13,18-19,25H,9-12,14H2/t18-,19-/m1/s1. The first kappa shape index (κ1) is 17.9. The number of H-pyrrole nitrogens is 1. The zero-order valence-electron chi connectivity index (χ0n) is 16.0. The number of piperazine rings is 1. The smallest absolute Gasteiger partial charge is 0.270 e. The maximum atomic E-state index is 13.1. The summed E-state index contributed by atoms with van der Waals surface area (Å²) in [6.07, 6.45) is 0.818. The molecule has 1 aliphatic carbocycles. The van der Waals surface area contributed by atoms with Crippen molar-refractivity contribution < 1.29 is 14.0 Å². The highest BCUT2D eigenvalue weighted by molar-refractivity contribution is 5.98. The Morgan fingerprint density at radius 2 is 1.62 bits per heavy atom. The molecular formula is C23H22FN3O2. The van der Waals surface area contributed by atoms with Gasteiger partial charge in [0.2, 0.25) is 5.91 Å². The summed E-state index contributed by atoms with van der Waals surface area (Å²) in [7, 11) is 0. The van der Waals surface area contributed by atoms with E-state index in [-0.39, 0.29) is 29.5 Å². The summed E-state index contributed by atoms with van der Waals surface area (Å²) in [5.41, 5.74) is 2.56. The number of para-hydroxylation sites is 1. The maximum Gasteiger partial charge on any atom is 0.270 e. The minimum absolute atomic E-state index is 0.0172. The van der Waals surface area contributed by atoms with Crippen LogP contribution >= 0.6 is 0 Å². The molecule has 2 aromatic carbocycles. The lowest BCUT2D eigenvalue weighted by Crippen LogP contribution is -2.51. The van der Waals surface area contributed by atoms with Gasteiger partial charge in [-0.1, -0.05) is 30.3 Å². The summed E-state index contributed by atoms with van der Waals surface area (Å²) < 4.78 is 13.1. The second kappa shape index (κ2) is 7.03. The summed E-state index contributed by atoms with van der Waals surface area (Å²) in [5.74, 6) is 0.0412. The van der Waals surface area contributed by atoms with E-state index in [2.05, 4.69) is 4.98 Å². The molecule has 5 nitrogen and oxygen atoms in total. The van der Waals surface area contributed by atoms with Crippen LogP contribution in [0.25, 0.3) is 10.9 Å². The van der Waals surface area contributed by atoms with Gasteiger partial charge in [-0.05, 0) is 42.2 Å². The van der Waals surface area contributed by atoms with Crippen molar-refractivity contribution in [3.8, 4) is 0 Å². The van der Waals surface area contributed by atoms with Gasteiger partial charge in [0.1, 0.15) is 11.5 Å². The number of halogens is 1. The molecule has 1 aliphatic heterocycles. The molecule has 6 heteroatoms. The van der Waals surface area contributed by atoms with Crippen molar-refractivity contribution in [2.24, 2.45) is 5.92 Å². The van der Waals surface area contributed by atoms with Crippen LogP contribution in [0.15, 0.2) is 54.6 Å². The predicted molar refractivity (Wildman–Crippen MR) is 108 cm³/mol. The van der Waals surface area contributed by atoms with Gasteiger partial charge in [-0.3, -0.25) is 9.59 Å². The molecule has 1 N–H and O–H groups in total. The Morgan fingerprint density at radius 3 is 2.34 bits per heavy atom. The van der Waals surface area contributed by atoms with E-state index < -0.39 is 0 Å². The summed E-state index contributed by atoms with van der Waals surface area (Å²) in [4.78, 5) is 32.5. The molecule has 2 aliphatic rings. The average molecular weight is 391 g/mol. The molecule has 5 rings (SSSR count). The van der Waals surface area contributed by atoms with Crippen molar-refractivity contribution in [2.75, 3.05) is 26.2 Å². The van der Waals surface area contributed by atoms with Gasteiger partial charge in [0.05, 0.1) is 0 Å². The van der Waals surface area contributed by atoms with E-state index in [1.54, 1.807) is 17.0 Å². The monoisotopic (exact) mass is 391 g/mol. The molecule has 2 atom stereocenters. The molecule has 29 heavy (non-hydrogen) atoms. The molecular weight excluding hydrogens is 369 g/mol. The van der Waals surface area contributed by atoms with E-state index in [0.717, 1.165) is 22.9 Å². The highest BCUT2D eigenvalue weighted by Crippen LogP contribution is 2.48. The Kier molecular flexibility index (Phi) is 4.34. The number of nitrogens with zero attached hydrogens (tertiary/aromatic N) is 2. The minimum Gasteiger partial charge on any atom is -0.351 e. The fourth-order valence-electron chi connectivity index (χ4n) is 4.27. The van der Waals surface area contributed by atoms with Gasteiger partial charge >= 0.3 is 0 Å². The van der Waals surface area contributed by atoms with E-state index >= 15 is 0 Å². The molecule has 1 aromatic heterocycles. The number of hydrogen-bond acceptors (Lipinski definition) is 2. The first-order valence-electron chi connectivity index (χ1n) is 10.0. The molecule has 0 radical (unpaired) electrons. The van der Waals surface area contributed by atoms with Crippen molar-refractivity contribution in [1.82, 2.24) is 14.8 Å². The first-order valence-corrected chi connectivity index (χ1v) is 10.0. The van der Waals surface area contributed by atoms with Gasteiger partial charge in [-0.2, -0.15) is 0 Å². The Morgan fingerprint density at radius 1 is 0.931 bits per heavy atom. The van der Waals surface area contributed by atoms with Gasteiger partial charge in [-0.15, -0.1) is 0 Å². The normalized spacial score (nSPS) is 21.4. The van der Waals surface area contributed by atoms with Crippen molar-refractivity contribution in [3.05, 3.63) is 71.7 Å². The number of fused-ring (bicyclic) bond motifs is 1. The Labute approximate surface area is 168 Å². The number of amides is 2. The van der Waals surface area contributed by atoms with E-state index in [4.69, 9.17) is 0 Å². The summed E-state index contributed by atoms with van der Waals surface area (Å²) in [6, 6.07) is 16.1. The zero-order chi connectivity index (χ0) is 20.0. The van der Waals surface area contributed by atoms with Crippen molar-refractivity contribution in [3.63, 3.8) is 0 Å². The number of nitrogens with one attached hydrogen (secondary N) is 1. The number of aromatic amines is 1. The minimum atomic E-state index is -0.256. The van der Waals surface area contributed by atoms with Crippen LogP contribution in [-0.2, 0) is 4.79 Å². The lowest BCUT2D eigenvalue weighted by Gasteiger charge is -2.34. The van der Waals surface area contributed by atoms with Crippen molar-refractivity contribution in [1.29, 1.82) is 0 Å². The Balaban J connectivity index is 1.19. The summed E-state index contributed by atoms with van der Waals surface area (Å²) in [5, 5.41) is 1.02. The van der Waals surface area contributed by atoms with E-state index in [1.165, 1.54) is 12.1 Å². The fraction of sp³-hybridized carbons (Fsp3) is 0.304. The number of rotatable bonds is 3. The third-order valence-electron chi connectivity index (χ3n) is 6.04. The Hall–Kier alpha value is -3.15. The molecule has 0 spiro atoms. The highest BCUT2D eigenvalue weighted by atomic mass is 19.1. The molecule has 3 aromatic rings. The summed E-state index contributed by atoms with van der Waals surface area (Å²) >= 11 is 0. The lowest BCUT2D eigenvalue weighted by atomic mass is 10.1. The topological polar surface area (TPSA) is 56.4 Å².